The van der Waals surface area contributed by atoms with E-state index in [0.717, 1.165) is 12.8 Å². The summed E-state index contributed by atoms with van der Waals surface area (Å²) in [6.07, 6.45) is 2.38. The summed E-state index contributed by atoms with van der Waals surface area (Å²) in [5.41, 5.74) is 0.339. The molecule has 0 aliphatic heterocycles. The standard InChI is InChI=1S/C17H28N2O5S/c1-4-7-13(3)19-15-9-8-14(17(20)21)12-16(15)25(22,23)18-10-6-11-24-5-2/h8-9,12-13,18-19H,4-7,10-11H2,1-3H3,(H,20,21)/t13-/m1/s1. The van der Waals surface area contributed by atoms with Gasteiger partial charge in [0.2, 0.25) is 10.0 Å². The fourth-order valence-electron chi connectivity index (χ4n) is 2.37. The lowest BCUT2D eigenvalue weighted by Crippen LogP contribution is -2.27. The third-order valence-electron chi connectivity index (χ3n) is 3.60. The van der Waals surface area contributed by atoms with Crippen LogP contribution in [0.3, 0.4) is 0 Å². The molecular formula is C17H28N2O5S. The molecule has 0 heterocycles. The Bertz CT molecular complexity index is 661. The zero-order valence-electron chi connectivity index (χ0n) is 15.0. The quantitative estimate of drug-likeness (QED) is 0.487. The lowest BCUT2D eigenvalue weighted by atomic mass is 10.1. The SMILES string of the molecule is CCC[C@@H](C)Nc1ccc(C(=O)O)cc1S(=O)(=O)NCCCOCC. The zero-order chi connectivity index (χ0) is 18.9. The van der Waals surface area contributed by atoms with Gasteiger partial charge in [-0.2, -0.15) is 0 Å². The van der Waals surface area contributed by atoms with Crippen molar-refractivity contribution in [2.75, 3.05) is 25.1 Å². The average molecular weight is 372 g/mol. The van der Waals surface area contributed by atoms with Crippen molar-refractivity contribution in [1.82, 2.24) is 4.72 Å². The van der Waals surface area contributed by atoms with Crippen LogP contribution in [-0.4, -0.2) is 45.3 Å². The van der Waals surface area contributed by atoms with Gasteiger partial charge in [0.05, 0.1) is 11.3 Å². The first kappa shape index (κ1) is 21.4. The Morgan fingerprint density at radius 2 is 2.04 bits per heavy atom. The van der Waals surface area contributed by atoms with Crippen LogP contribution in [0.1, 0.15) is 50.4 Å². The molecule has 25 heavy (non-hydrogen) atoms. The van der Waals surface area contributed by atoms with Crippen LogP contribution in [0.5, 0.6) is 0 Å². The van der Waals surface area contributed by atoms with Crippen molar-refractivity contribution in [2.45, 2.75) is 51.0 Å². The molecule has 0 saturated carbocycles. The van der Waals surface area contributed by atoms with Gasteiger partial charge in [-0.3, -0.25) is 0 Å². The highest BCUT2D eigenvalue weighted by Crippen LogP contribution is 2.24. The van der Waals surface area contributed by atoms with E-state index in [1.165, 1.54) is 18.2 Å². The van der Waals surface area contributed by atoms with Crippen molar-refractivity contribution in [3.05, 3.63) is 23.8 Å². The minimum absolute atomic E-state index is 0.0493. The Morgan fingerprint density at radius 1 is 1.32 bits per heavy atom. The Labute approximate surface area is 149 Å². The maximum Gasteiger partial charge on any atom is 0.335 e. The number of ether oxygens (including phenoxy) is 1. The molecule has 0 fully saturated rings. The van der Waals surface area contributed by atoms with E-state index in [-0.39, 0.29) is 23.0 Å². The lowest BCUT2D eigenvalue weighted by Gasteiger charge is -2.18. The van der Waals surface area contributed by atoms with Gasteiger partial charge in [0.1, 0.15) is 4.90 Å². The van der Waals surface area contributed by atoms with E-state index in [0.29, 0.717) is 25.3 Å². The van der Waals surface area contributed by atoms with Crippen molar-refractivity contribution >= 4 is 21.7 Å². The summed E-state index contributed by atoms with van der Waals surface area (Å²) in [7, 11) is -3.83. The molecule has 0 saturated heterocycles. The second-order valence-electron chi connectivity index (χ2n) is 5.80. The molecule has 0 aromatic heterocycles. The number of hydrogen-bond acceptors (Lipinski definition) is 5. The van der Waals surface area contributed by atoms with Crippen LogP contribution in [0.4, 0.5) is 5.69 Å². The average Bonchev–Trinajstić information content (AvgIpc) is 2.54. The summed E-state index contributed by atoms with van der Waals surface area (Å²) in [5, 5.41) is 12.3. The van der Waals surface area contributed by atoms with Gasteiger partial charge in [-0.15, -0.1) is 0 Å². The van der Waals surface area contributed by atoms with E-state index in [2.05, 4.69) is 10.0 Å². The van der Waals surface area contributed by atoms with Crippen LogP contribution in [0.2, 0.25) is 0 Å². The maximum atomic E-state index is 12.6. The number of hydrogen-bond donors (Lipinski definition) is 3. The van der Waals surface area contributed by atoms with Crippen LogP contribution in [0.15, 0.2) is 23.1 Å². The Hall–Kier alpha value is -1.64. The maximum absolute atomic E-state index is 12.6. The number of nitrogens with one attached hydrogen (secondary N) is 2. The molecule has 0 amide bonds. The molecule has 0 spiro atoms. The van der Waals surface area contributed by atoms with Gasteiger partial charge in [0.25, 0.3) is 0 Å². The lowest BCUT2D eigenvalue weighted by molar-refractivity contribution is 0.0696. The molecule has 0 aliphatic carbocycles. The molecule has 1 rings (SSSR count). The highest BCUT2D eigenvalue weighted by atomic mass is 32.2. The zero-order valence-corrected chi connectivity index (χ0v) is 15.9. The molecule has 3 N–H and O–H groups in total. The summed E-state index contributed by atoms with van der Waals surface area (Å²) in [5.74, 6) is -1.17. The van der Waals surface area contributed by atoms with Crippen molar-refractivity contribution in [3.8, 4) is 0 Å². The van der Waals surface area contributed by atoms with Crippen molar-refractivity contribution in [2.24, 2.45) is 0 Å². The molecule has 1 aromatic rings. The van der Waals surface area contributed by atoms with Gasteiger partial charge in [0, 0.05) is 25.8 Å². The largest absolute Gasteiger partial charge is 0.478 e. The van der Waals surface area contributed by atoms with Crippen LogP contribution in [-0.2, 0) is 14.8 Å². The molecule has 8 heteroatoms. The molecule has 142 valence electrons. The van der Waals surface area contributed by atoms with Crippen LogP contribution in [0, 0.1) is 0 Å². The van der Waals surface area contributed by atoms with E-state index >= 15 is 0 Å². The normalized spacial score (nSPS) is 12.8. The topological polar surface area (TPSA) is 105 Å². The minimum Gasteiger partial charge on any atom is -0.478 e. The highest BCUT2D eigenvalue weighted by molar-refractivity contribution is 7.89. The van der Waals surface area contributed by atoms with Crippen molar-refractivity contribution < 1.29 is 23.1 Å². The first-order valence-electron chi connectivity index (χ1n) is 8.53. The Morgan fingerprint density at radius 3 is 2.64 bits per heavy atom. The number of carboxylic acids is 1. The summed E-state index contributed by atoms with van der Waals surface area (Å²) in [4.78, 5) is 11.1. The minimum atomic E-state index is -3.83. The monoisotopic (exact) mass is 372 g/mol. The molecule has 0 radical (unpaired) electrons. The molecule has 0 unspecified atom stereocenters. The van der Waals surface area contributed by atoms with E-state index in [1.807, 2.05) is 20.8 Å². The van der Waals surface area contributed by atoms with E-state index in [4.69, 9.17) is 9.84 Å². The number of rotatable bonds is 12. The number of anilines is 1. The number of carbonyl (C=O) groups is 1. The van der Waals surface area contributed by atoms with Crippen LogP contribution in [0.25, 0.3) is 0 Å². The molecule has 0 aliphatic rings. The second kappa shape index (κ2) is 10.4. The van der Waals surface area contributed by atoms with Crippen LogP contribution >= 0.6 is 0 Å². The van der Waals surface area contributed by atoms with Gasteiger partial charge in [-0.25, -0.2) is 17.9 Å². The third kappa shape index (κ3) is 7.01. The van der Waals surface area contributed by atoms with Crippen LogP contribution < -0.4 is 10.0 Å². The van der Waals surface area contributed by atoms with Gasteiger partial charge < -0.3 is 15.2 Å². The fourth-order valence-corrected chi connectivity index (χ4v) is 3.64. The summed E-state index contributed by atoms with van der Waals surface area (Å²) in [6, 6.07) is 4.17. The van der Waals surface area contributed by atoms with E-state index < -0.39 is 16.0 Å². The van der Waals surface area contributed by atoms with E-state index in [1.54, 1.807) is 0 Å². The number of aromatic carboxylic acids is 1. The number of benzene rings is 1. The molecular weight excluding hydrogens is 344 g/mol. The predicted molar refractivity (Wildman–Crippen MR) is 97.7 cm³/mol. The third-order valence-corrected chi connectivity index (χ3v) is 5.10. The molecule has 1 aromatic carbocycles. The number of sulfonamides is 1. The Kier molecular flexibility index (Phi) is 8.88. The highest BCUT2D eigenvalue weighted by Gasteiger charge is 2.21. The fraction of sp³-hybridized carbons (Fsp3) is 0.588. The second-order valence-corrected chi connectivity index (χ2v) is 7.53. The first-order chi connectivity index (χ1) is 11.8. The van der Waals surface area contributed by atoms with Crippen molar-refractivity contribution in [3.63, 3.8) is 0 Å². The smallest absolute Gasteiger partial charge is 0.335 e. The summed E-state index contributed by atoms with van der Waals surface area (Å²) >= 11 is 0. The van der Waals surface area contributed by atoms with Gasteiger partial charge >= 0.3 is 5.97 Å². The predicted octanol–water partition coefficient (Wildman–Crippen LogP) is 2.69. The van der Waals surface area contributed by atoms with Gasteiger partial charge in [0.15, 0.2) is 0 Å². The molecule has 0 bridgehead atoms. The van der Waals surface area contributed by atoms with E-state index in [9.17, 15) is 13.2 Å². The molecule has 7 nitrogen and oxygen atoms in total. The summed E-state index contributed by atoms with van der Waals surface area (Å²) < 4.78 is 32.9. The van der Waals surface area contributed by atoms with Gasteiger partial charge in [-0.05, 0) is 44.9 Å². The number of carboxylic acid groups (broad SMARTS) is 1. The van der Waals surface area contributed by atoms with Crippen molar-refractivity contribution in [1.29, 1.82) is 0 Å². The Balaban J connectivity index is 3.02. The molecule has 1 atom stereocenters. The first-order valence-corrected chi connectivity index (χ1v) is 10.0. The summed E-state index contributed by atoms with van der Waals surface area (Å²) in [6.45, 7) is 7.15. The van der Waals surface area contributed by atoms with Gasteiger partial charge in [-0.1, -0.05) is 13.3 Å².